The van der Waals surface area contributed by atoms with Crippen LogP contribution in [-0.4, -0.2) is 51.7 Å². The number of nitrogens with zero attached hydrogens (tertiary/aromatic N) is 1. The van der Waals surface area contributed by atoms with Crippen molar-refractivity contribution in [2.24, 2.45) is 0 Å². The first-order valence-electron chi connectivity index (χ1n) is 5.94. The normalized spacial score (nSPS) is 11.2. The molecule has 8 heteroatoms. The first-order valence-corrected chi connectivity index (χ1v) is 6.32. The third-order valence-electron chi connectivity index (χ3n) is 2.47. The van der Waals surface area contributed by atoms with Gasteiger partial charge in [0.15, 0.2) is 11.9 Å². The average molecular weight is 336 g/mol. The van der Waals surface area contributed by atoms with E-state index in [2.05, 4.69) is 4.98 Å². The van der Waals surface area contributed by atoms with Gasteiger partial charge in [-0.15, -0.1) is 0 Å². The molecule has 0 saturated heterocycles. The molecule has 2 rings (SSSR count). The van der Waals surface area contributed by atoms with E-state index in [9.17, 15) is 9.18 Å². The van der Waals surface area contributed by atoms with E-state index in [1.165, 1.54) is 37.4 Å². The number of aromatic nitrogens is 1. The molecule has 1 N–H and O–H groups in total. The molecule has 0 spiro atoms. The third-order valence-corrected chi connectivity index (χ3v) is 2.68. The van der Waals surface area contributed by atoms with E-state index < -0.39 is 17.9 Å². The number of hydrogen-bond donors (Lipinski definition) is 1. The van der Waals surface area contributed by atoms with Crippen LogP contribution in [0.2, 0.25) is 5.02 Å². The minimum absolute atomic E-state index is 0. The molecule has 5 nitrogen and oxygen atoms in total. The maximum absolute atomic E-state index is 13.5. The van der Waals surface area contributed by atoms with Crippen LogP contribution in [0.3, 0.4) is 0 Å². The number of ether oxygens (including phenoxy) is 2. The van der Waals surface area contributed by atoms with Gasteiger partial charge in [0.25, 0.3) is 5.88 Å². The van der Waals surface area contributed by atoms with E-state index in [-0.39, 0.29) is 40.5 Å². The van der Waals surface area contributed by atoms with E-state index in [4.69, 9.17) is 26.2 Å². The summed E-state index contributed by atoms with van der Waals surface area (Å²) in [7, 11) is 0. The van der Waals surface area contributed by atoms with Crippen molar-refractivity contribution in [2.75, 3.05) is 0 Å². The molecule has 1 aromatic carbocycles. The van der Waals surface area contributed by atoms with Crippen molar-refractivity contribution in [2.45, 2.75) is 13.0 Å². The molecule has 0 aliphatic heterocycles. The van der Waals surface area contributed by atoms with Crippen LogP contribution in [0.15, 0.2) is 36.5 Å². The Morgan fingerprint density at radius 2 is 1.91 bits per heavy atom. The van der Waals surface area contributed by atoms with Gasteiger partial charge in [-0.25, -0.2) is 14.2 Å². The maximum atomic E-state index is 13.5. The molecule has 2 aromatic rings. The Labute approximate surface area is 153 Å². The molecule has 0 fully saturated rings. The van der Waals surface area contributed by atoms with Crippen molar-refractivity contribution in [1.29, 1.82) is 0 Å². The van der Waals surface area contributed by atoms with Gasteiger partial charge >= 0.3 is 35.5 Å². The van der Waals surface area contributed by atoms with Crippen molar-refractivity contribution in [3.8, 4) is 17.4 Å². The van der Waals surface area contributed by atoms with Crippen LogP contribution in [0, 0.1) is 5.82 Å². The summed E-state index contributed by atoms with van der Waals surface area (Å²) in [6.07, 6.45) is 0.304. The quantitative estimate of drug-likeness (QED) is 0.851. The molecule has 0 aliphatic rings. The number of hydrogen-bond acceptors (Lipinski definition) is 4. The van der Waals surface area contributed by atoms with Gasteiger partial charge in [0.1, 0.15) is 11.5 Å². The molecule has 1 atom stereocenters. The van der Waals surface area contributed by atoms with E-state index in [1.807, 2.05) is 0 Å². The Kier molecular flexibility index (Phi) is 7.09. The molecule has 112 valence electrons. The molecule has 1 unspecified atom stereocenters. The zero-order chi connectivity index (χ0) is 15.4. The number of carboxylic acid groups (broad SMARTS) is 1. The summed E-state index contributed by atoms with van der Waals surface area (Å²) in [6, 6.07) is 7.15. The number of benzene rings is 1. The molecular formula is C14H12ClFNNaO4. The molecule has 0 bridgehead atoms. The van der Waals surface area contributed by atoms with E-state index in [0.29, 0.717) is 11.5 Å². The topological polar surface area (TPSA) is 68.7 Å². The van der Waals surface area contributed by atoms with E-state index >= 15 is 0 Å². The molecule has 0 radical (unpaired) electrons. The molecule has 0 aliphatic carbocycles. The zero-order valence-electron chi connectivity index (χ0n) is 10.9. The van der Waals surface area contributed by atoms with Crippen molar-refractivity contribution < 1.29 is 23.8 Å². The van der Waals surface area contributed by atoms with Crippen molar-refractivity contribution >= 4 is 47.1 Å². The predicted octanol–water partition coefficient (Wildman–Crippen LogP) is 2.87. The summed E-state index contributed by atoms with van der Waals surface area (Å²) in [5, 5.41) is 8.91. The zero-order valence-corrected chi connectivity index (χ0v) is 11.7. The van der Waals surface area contributed by atoms with Crippen molar-refractivity contribution in [1.82, 2.24) is 4.98 Å². The molecule has 22 heavy (non-hydrogen) atoms. The van der Waals surface area contributed by atoms with Crippen LogP contribution < -0.4 is 9.47 Å². The number of pyridine rings is 1. The summed E-state index contributed by atoms with van der Waals surface area (Å²) >= 11 is 5.59. The summed E-state index contributed by atoms with van der Waals surface area (Å²) in [6.45, 7) is 1.42. The Hall–Kier alpha value is -1.34. The number of carbonyl (C=O) groups is 1. The summed E-state index contributed by atoms with van der Waals surface area (Å²) < 4.78 is 23.9. The molecular weight excluding hydrogens is 324 g/mol. The predicted molar refractivity (Wildman–Crippen MR) is 80.6 cm³/mol. The number of halogens is 2. The fourth-order valence-corrected chi connectivity index (χ4v) is 1.57. The molecule has 0 saturated carbocycles. The van der Waals surface area contributed by atoms with Crippen LogP contribution in [0.4, 0.5) is 4.39 Å². The van der Waals surface area contributed by atoms with Crippen LogP contribution in [0.25, 0.3) is 0 Å². The fraction of sp³-hybridized carbons (Fsp3) is 0.143. The van der Waals surface area contributed by atoms with Gasteiger partial charge in [-0.1, -0.05) is 11.6 Å². The Bertz CT molecular complexity index is 654. The number of aliphatic carboxylic acids is 1. The Morgan fingerprint density at radius 3 is 2.45 bits per heavy atom. The van der Waals surface area contributed by atoms with E-state index in [1.54, 1.807) is 0 Å². The Balaban J connectivity index is 0.00000242. The van der Waals surface area contributed by atoms with Gasteiger partial charge in [-0.3, -0.25) is 0 Å². The van der Waals surface area contributed by atoms with Crippen molar-refractivity contribution in [3.63, 3.8) is 0 Å². The van der Waals surface area contributed by atoms with Gasteiger partial charge in [0, 0.05) is 6.20 Å². The van der Waals surface area contributed by atoms with Crippen LogP contribution >= 0.6 is 11.6 Å². The number of rotatable bonds is 5. The fourth-order valence-electron chi connectivity index (χ4n) is 1.43. The van der Waals surface area contributed by atoms with Crippen molar-refractivity contribution in [3.05, 3.63) is 47.4 Å². The second kappa shape index (κ2) is 8.33. The van der Waals surface area contributed by atoms with Gasteiger partial charge < -0.3 is 14.6 Å². The second-order valence-corrected chi connectivity index (χ2v) is 4.55. The van der Waals surface area contributed by atoms with E-state index in [0.717, 1.165) is 6.07 Å². The third kappa shape index (κ3) is 5.14. The summed E-state index contributed by atoms with van der Waals surface area (Å²) in [5.74, 6) is -1.25. The molecule has 0 amide bonds. The second-order valence-electron chi connectivity index (χ2n) is 4.11. The van der Waals surface area contributed by atoms with Crippen LogP contribution in [-0.2, 0) is 4.79 Å². The van der Waals surface area contributed by atoms with Gasteiger partial charge in [0.05, 0.1) is 5.02 Å². The van der Waals surface area contributed by atoms with Crippen LogP contribution in [0.1, 0.15) is 6.92 Å². The minimum atomic E-state index is -1.07. The molecule has 1 aromatic heterocycles. The summed E-state index contributed by atoms with van der Waals surface area (Å²) in [5.41, 5.74) is 0. The average Bonchev–Trinajstić information content (AvgIpc) is 2.43. The van der Waals surface area contributed by atoms with Crippen LogP contribution in [0.5, 0.6) is 17.4 Å². The SMILES string of the molecule is CC(Oc1ccc(Oc2ncc(Cl)cc2F)cc1)C(=O)O.[NaH]. The van der Waals surface area contributed by atoms with Gasteiger partial charge in [-0.05, 0) is 37.3 Å². The summed E-state index contributed by atoms with van der Waals surface area (Å²) in [4.78, 5) is 14.4. The number of carboxylic acids is 1. The monoisotopic (exact) mass is 335 g/mol. The van der Waals surface area contributed by atoms with Gasteiger partial charge in [-0.2, -0.15) is 0 Å². The van der Waals surface area contributed by atoms with Gasteiger partial charge in [0.2, 0.25) is 0 Å². The standard InChI is InChI=1S/C14H11ClFNO4.Na.H/c1-8(14(18)19)20-10-2-4-11(5-3-10)21-13-12(16)6-9(15)7-17-13;;/h2-8H,1H3,(H,18,19);;. The Morgan fingerprint density at radius 1 is 1.32 bits per heavy atom. The molecule has 1 heterocycles. The first kappa shape index (κ1) is 18.7. The first-order chi connectivity index (χ1) is 9.95.